The maximum Gasteiger partial charge on any atom is 0.244 e. The highest BCUT2D eigenvalue weighted by Gasteiger charge is 2.26. The van der Waals surface area contributed by atoms with Crippen molar-refractivity contribution in [1.29, 1.82) is 0 Å². The van der Waals surface area contributed by atoms with Gasteiger partial charge < -0.3 is 0 Å². The van der Waals surface area contributed by atoms with Crippen LogP contribution < -0.4 is 0 Å². The first-order valence-corrected chi connectivity index (χ1v) is 8.17. The molecule has 19 heavy (non-hydrogen) atoms. The van der Waals surface area contributed by atoms with Crippen molar-refractivity contribution in [1.82, 2.24) is 9.29 Å². The minimum Gasteiger partial charge on any atom is -0.243 e. The monoisotopic (exact) mass is 304 g/mol. The molecule has 6 heteroatoms. The molecule has 1 aromatic rings. The van der Waals surface area contributed by atoms with E-state index in [4.69, 9.17) is 11.6 Å². The molecule has 0 atom stereocenters. The maximum absolute atomic E-state index is 12.6. The highest BCUT2D eigenvalue weighted by molar-refractivity contribution is 7.89. The molecule has 0 aromatic carbocycles. The third kappa shape index (κ3) is 4.75. The normalized spacial score (nSPS) is 12.6. The Labute approximate surface area is 120 Å². The lowest BCUT2D eigenvalue weighted by Gasteiger charge is -2.25. The number of pyridine rings is 1. The second-order valence-corrected chi connectivity index (χ2v) is 7.75. The number of rotatable bonds is 6. The van der Waals surface area contributed by atoms with Gasteiger partial charge in [0, 0.05) is 19.3 Å². The first kappa shape index (κ1) is 16.4. The highest BCUT2D eigenvalue weighted by atomic mass is 35.5. The Morgan fingerprint density at radius 3 is 2.05 bits per heavy atom. The molecule has 0 fully saturated rings. The van der Waals surface area contributed by atoms with E-state index in [1.165, 1.54) is 22.6 Å². The number of sulfonamides is 1. The quantitative estimate of drug-likeness (QED) is 0.759. The molecule has 108 valence electrons. The van der Waals surface area contributed by atoms with Gasteiger partial charge in [0.2, 0.25) is 10.0 Å². The van der Waals surface area contributed by atoms with Gasteiger partial charge >= 0.3 is 0 Å². The van der Waals surface area contributed by atoms with Gasteiger partial charge in [-0.15, -0.1) is 0 Å². The van der Waals surface area contributed by atoms with E-state index >= 15 is 0 Å². The lowest BCUT2D eigenvalue weighted by atomic mass is 10.2. The van der Waals surface area contributed by atoms with Gasteiger partial charge in [-0.3, -0.25) is 0 Å². The fraction of sp³-hybridized carbons (Fsp3) is 0.615. The van der Waals surface area contributed by atoms with Crippen LogP contribution in [0.15, 0.2) is 23.2 Å². The Bertz CT molecular complexity index is 488. The fourth-order valence-electron chi connectivity index (χ4n) is 1.75. The summed E-state index contributed by atoms with van der Waals surface area (Å²) in [5.41, 5.74) is 0. The van der Waals surface area contributed by atoms with Crippen molar-refractivity contribution in [2.24, 2.45) is 11.8 Å². The van der Waals surface area contributed by atoms with Crippen molar-refractivity contribution in [3.8, 4) is 0 Å². The predicted octanol–water partition coefficient (Wildman–Crippen LogP) is 3.04. The summed E-state index contributed by atoms with van der Waals surface area (Å²) >= 11 is 5.69. The Morgan fingerprint density at radius 2 is 1.68 bits per heavy atom. The molecule has 0 N–H and O–H groups in total. The molecule has 1 heterocycles. The molecule has 0 unspecified atom stereocenters. The Balaban J connectivity index is 3.07. The topological polar surface area (TPSA) is 50.3 Å². The van der Waals surface area contributed by atoms with E-state index < -0.39 is 10.0 Å². The van der Waals surface area contributed by atoms with Crippen molar-refractivity contribution in [3.05, 3.63) is 23.5 Å². The lowest BCUT2D eigenvalue weighted by molar-refractivity contribution is 0.333. The molecule has 0 bridgehead atoms. The molecule has 0 aliphatic heterocycles. The van der Waals surface area contributed by atoms with Crippen molar-refractivity contribution >= 4 is 21.6 Å². The first-order chi connectivity index (χ1) is 8.73. The number of nitrogens with zero attached hydrogens (tertiary/aromatic N) is 2. The van der Waals surface area contributed by atoms with Gasteiger partial charge in [-0.2, -0.15) is 4.31 Å². The molecular weight excluding hydrogens is 284 g/mol. The zero-order valence-electron chi connectivity index (χ0n) is 11.8. The molecule has 0 saturated carbocycles. The van der Waals surface area contributed by atoms with E-state index in [0.717, 1.165) is 0 Å². The SMILES string of the molecule is CC(C)CN(CC(C)C)S(=O)(=O)c1ccc(Cl)nc1. The van der Waals surface area contributed by atoms with Crippen LogP contribution in [0.3, 0.4) is 0 Å². The zero-order chi connectivity index (χ0) is 14.6. The summed E-state index contributed by atoms with van der Waals surface area (Å²) in [5, 5.41) is 0.290. The van der Waals surface area contributed by atoms with Gasteiger partial charge in [0.25, 0.3) is 0 Å². The fourth-order valence-corrected chi connectivity index (χ4v) is 3.57. The van der Waals surface area contributed by atoms with E-state index in [2.05, 4.69) is 4.98 Å². The molecule has 4 nitrogen and oxygen atoms in total. The second-order valence-electron chi connectivity index (χ2n) is 5.43. The average Bonchev–Trinajstić information content (AvgIpc) is 2.27. The molecule has 0 aliphatic carbocycles. The van der Waals surface area contributed by atoms with Crippen LogP contribution >= 0.6 is 11.6 Å². The minimum atomic E-state index is -3.50. The molecule has 1 aromatic heterocycles. The summed E-state index contributed by atoms with van der Waals surface area (Å²) in [6.45, 7) is 9.02. The standard InChI is InChI=1S/C13H21ClN2O2S/c1-10(2)8-16(9-11(3)4)19(17,18)12-5-6-13(14)15-7-12/h5-7,10-11H,8-9H2,1-4H3. The van der Waals surface area contributed by atoms with Crippen LogP contribution in [0.1, 0.15) is 27.7 Å². The van der Waals surface area contributed by atoms with E-state index in [9.17, 15) is 8.42 Å². The van der Waals surface area contributed by atoms with Gasteiger partial charge in [0.1, 0.15) is 10.0 Å². The summed E-state index contributed by atoms with van der Waals surface area (Å²) < 4.78 is 26.6. The molecule has 0 saturated heterocycles. The molecule has 1 rings (SSSR count). The zero-order valence-corrected chi connectivity index (χ0v) is 13.4. The van der Waals surface area contributed by atoms with E-state index in [-0.39, 0.29) is 16.7 Å². The van der Waals surface area contributed by atoms with Crippen LogP contribution in [-0.4, -0.2) is 30.8 Å². The van der Waals surface area contributed by atoms with Gasteiger partial charge in [0.15, 0.2) is 0 Å². The maximum atomic E-state index is 12.6. The van der Waals surface area contributed by atoms with Crippen molar-refractivity contribution in [2.75, 3.05) is 13.1 Å². The molecule has 0 spiro atoms. The number of halogens is 1. The van der Waals surface area contributed by atoms with E-state index in [0.29, 0.717) is 18.2 Å². The lowest BCUT2D eigenvalue weighted by Crippen LogP contribution is -2.37. The highest BCUT2D eigenvalue weighted by Crippen LogP contribution is 2.19. The second kappa shape index (κ2) is 6.68. The Hall–Kier alpha value is -0.650. The summed E-state index contributed by atoms with van der Waals surface area (Å²) in [5.74, 6) is 0.544. The molecule has 0 aliphatic rings. The summed E-state index contributed by atoms with van der Waals surface area (Å²) in [6, 6.07) is 3.00. The number of hydrogen-bond donors (Lipinski definition) is 0. The Morgan fingerprint density at radius 1 is 1.16 bits per heavy atom. The van der Waals surface area contributed by atoms with Crippen LogP contribution in [0.4, 0.5) is 0 Å². The van der Waals surface area contributed by atoms with Crippen molar-refractivity contribution in [3.63, 3.8) is 0 Å². The Kier molecular flexibility index (Phi) is 5.77. The third-order valence-electron chi connectivity index (χ3n) is 2.48. The minimum absolute atomic E-state index is 0.193. The van der Waals surface area contributed by atoms with Crippen molar-refractivity contribution < 1.29 is 8.42 Å². The number of aromatic nitrogens is 1. The van der Waals surface area contributed by atoms with Gasteiger partial charge in [-0.1, -0.05) is 39.3 Å². The van der Waals surface area contributed by atoms with Crippen LogP contribution in [0, 0.1) is 11.8 Å². The summed E-state index contributed by atoms with van der Waals surface area (Å²) in [4.78, 5) is 4.04. The first-order valence-electron chi connectivity index (χ1n) is 6.35. The predicted molar refractivity (Wildman–Crippen MR) is 77.7 cm³/mol. The van der Waals surface area contributed by atoms with Crippen molar-refractivity contribution in [2.45, 2.75) is 32.6 Å². The van der Waals surface area contributed by atoms with Crippen LogP contribution in [0.2, 0.25) is 5.15 Å². The summed E-state index contributed by atoms with van der Waals surface area (Å²) in [6.07, 6.45) is 1.31. The molecule has 0 radical (unpaired) electrons. The number of hydrogen-bond acceptors (Lipinski definition) is 3. The van der Waals surface area contributed by atoms with Crippen LogP contribution in [0.5, 0.6) is 0 Å². The smallest absolute Gasteiger partial charge is 0.243 e. The summed E-state index contributed by atoms with van der Waals surface area (Å²) in [7, 11) is -3.50. The average molecular weight is 305 g/mol. The van der Waals surface area contributed by atoms with Gasteiger partial charge in [-0.05, 0) is 24.0 Å². The van der Waals surface area contributed by atoms with Crippen LogP contribution in [0.25, 0.3) is 0 Å². The molecule has 0 amide bonds. The largest absolute Gasteiger partial charge is 0.244 e. The third-order valence-corrected chi connectivity index (χ3v) is 4.51. The van der Waals surface area contributed by atoms with Crippen LogP contribution in [-0.2, 0) is 10.0 Å². The van der Waals surface area contributed by atoms with Gasteiger partial charge in [0.05, 0.1) is 0 Å². The molecular formula is C13H21ClN2O2S. The van der Waals surface area contributed by atoms with Gasteiger partial charge in [-0.25, -0.2) is 13.4 Å². The van der Waals surface area contributed by atoms with E-state index in [1.54, 1.807) is 0 Å². The van der Waals surface area contributed by atoms with E-state index in [1.807, 2.05) is 27.7 Å².